The zero-order valence-corrected chi connectivity index (χ0v) is 19.2. The highest BCUT2D eigenvalue weighted by Crippen LogP contribution is 2.65. The van der Waals surface area contributed by atoms with E-state index in [1.807, 2.05) is 24.2 Å². The molecular weight excluding hydrogens is 473 g/mol. The number of likely N-dealkylation sites (N-methyl/N-ethyl adjacent to an activating group) is 1. The van der Waals surface area contributed by atoms with Crippen LogP contribution in [0.2, 0.25) is 5.02 Å². The van der Waals surface area contributed by atoms with Crippen LogP contribution < -0.4 is 15.0 Å². The first-order chi connectivity index (χ1) is 16.0. The van der Waals surface area contributed by atoms with E-state index in [1.54, 1.807) is 18.5 Å². The average Bonchev–Trinajstić information content (AvgIpc) is 3.14. The lowest BCUT2D eigenvalue weighted by Crippen LogP contribution is -2.79. The van der Waals surface area contributed by atoms with Crippen molar-refractivity contribution in [2.45, 2.75) is 67.7 Å². The van der Waals surface area contributed by atoms with E-state index in [9.17, 15) is 18.0 Å². The van der Waals surface area contributed by atoms with E-state index in [0.29, 0.717) is 30.2 Å². The van der Waals surface area contributed by atoms with Gasteiger partial charge in [0.1, 0.15) is 5.75 Å². The maximum atomic E-state index is 13.0. The molecule has 1 aromatic heterocycles. The Kier molecular flexibility index (Phi) is 4.71. The van der Waals surface area contributed by atoms with Gasteiger partial charge in [-0.3, -0.25) is 9.53 Å². The number of ether oxygens (including phenoxy) is 2. The summed E-state index contributed by atoms with van der Waals surface area (Å²) in [7, 11) is 1.91. The van der Waals surface area contributed by atoms with Crippen molar-refractivity contribution < 1.29 is 27.4 Å². The number of benzene rings is 1. The molecule has 7 rings (SSSR count). The maximum absolute atomic E-state index is 13.0. The van der Waals surface area contributed by atoms with Gasteiger partial charge in [-0.05, 0) is 50.3 Å². The van der Waals surface area contributed by atoms with E-state index in [1.165, 1.54) is 0 Å². The second kappa shape index (κ2) is 7.27. The molecule has 2 aromatic rings. The molecule has 0 radical (unpaired) electrons. The molecule has 1 aromatic carbocycles. The Hall–Kier alpha value is -2.46. The second-order valence-corrected chi connectivity index (χ2v) is 10.6. The zero-order chi connectivity index (χ0) is 23.9. The van der Waals surface area contributed by atoms with E-state index in [4.69, 9.17) is 16.3 Å². The Bertz CT molecular complexity index is 1130. The number of amides is 1. The maximum Gasteiger partial charge on any atom is 0.522 e. The topological polar surface area (TPSA) is 68.6 Å². The molecule has 0 saturated heterocycles. The van der Waals surface area contributed by atoms with Crippen molar-refractivity contribution in [2.75, 3.05) is 18.5 Å². The van der Waals surface area contributed by atoms with Crippen molar-refractivity contribution in [3.05, 3.63) is 41.4 Å². The number of aromatic nitrogens is 2. The summed E-state index contributed by atoms with van der Waals surface area (Å²) in [5.74, 6) is 0.502. The van der Waals surface area contributed by atoms with Crippen molar-refractivity contribution >= 4 is 23.2 Å². The molecule has 182 valence electrons. The molecule has 2 bridgehead atoms. The Morgan fingerprint density at radius 3 is 2.74 bits per heavy atom. The average molecular weight is 497 g/mol. The van der Waals surface area contributed by atoms with Gasteiger partial charge in [-0.2, -0.15) is 0 Å². The molecule has 1 N–H and O–H groups in total. The molecule has 5 aliphatic rings. The Balaban J connectivity index is 1.03. The number of nitrogens with one attached hydrogen (secondary N) is 1. The largest absolute Gasteiger partial charge is 0.522 e. The minimum absolute atomic E-state index is 0.00666. The van der Waals surface area contributed by atoms with Crippen LogP contribution in [0, 0.1) is 0 Å². The fourth-order valence-electron chi connectivity index (χ4n) is 5.95. The van der Waals surface area contributed by atoms with Crippen LogP contribution in [0.15, 0.2) is 30.7 Å². The zero-order valence-electron chi connectivity index (χ0n) is 18.4. The molecule has 0 spiro atoms. The highest BCUT2D eigenvalue weighted by Gasteiger charge is 2.70. The predicted molar refractivity (Wildman–Crippen MR) is 117 cm³/mol. The van der Waals surface area contributed by atoms with Crippen molar-refractivity contribution in [3.63, 3.8) is 0 Å². The first-order valence-corrected chi connectivity index (χ1v) is 11.7. The minimum Gasteiger partial charge on any atom is -0.477 e. The second-order valence-electron chi connectivity index (χ2n) is 10.2. The lowest BCUT2D eigenvalue weighted by molar-refractivity contribution is -0.351. The van der Waals surface area contributed by atoms with Crippen LogP contribution in [-0.2, 0) is 15.1 Å². The summed E-state index contributed by atoms with van der Waals surface area (Å²) in [5.41, 5.74) is 1.37. The van der Waals surface area contributed by atoms with Crippen LogP contribution in [0.1, 0.15) is 43.7 Å². The van der Waals surface area contributed by atoms with Gasteiger partial charge in [0.2, 0.25) is 0 Å². The highest BCUT2D eigenvalue weighted by atomic mass is 35.5. The standard InChI is InChI=1S/C23H24ClF3N4O3/c1-30-8-19(33-18-3-2-14(24)6-17(18)30)20(32)29-21-9-22(10-21,11-21)31-7-16(28-12-31)13-4-15(5-13)34-23(25,26)27/h2-3,6-7,12-13,15,19H,4-5,8-11H2,1H3,(H,29,32). The van der Waals surface area contributed by atoms with Crippen LogP contribution in [0.5, 0.6) is 5.75 Å². The molecule has 11 heteroatoms. The molecule has 4 fully saturated rings. The number of hydrogen-bond donors (Lipinski definition) is 1. The predicted octanol–water partition coefficient (Wildman–Crippen LogP) is 3.96. The summed E-state index contributed by atoms with van der Waals surface area (Å²) >= 11 is 6.07. The number of nitrogens with zero attached hydrogens (tertiary/aromatic N) is 3. The molecule has 7 nitrogen and oxygen atoms in total. The lowest BCUT2D eigenvalue weighted by Gasteiger charge is -2.70. The third kappa shape index (κ3) is 3.62. The monoisotopic (exact) mass is 496 g/mol. The summed E-state index contributed by atoms with van der Waals surface area (Å²) in [6.45, 7) is 0.436. The van der Waals surface area contributed by atoms with Gasteiger partial charge in [0.15, 0.2) is 6.10 Å². The lowest BCUT2D eigenvalue weighted by atomic mass is 9.44. The normalized spacial score (nSPS) is 33.7. The summed E-state index contributed by atoms with van der Waals surface area (Å²) < 4.78 is 49.1. The van der Waals surface area contributed by atoms with Crippen molar-refractivity contribution in [1.82, 2.24) is 14.9 Å². The van der Waals surface area contributed by atoms with E-state index >= 15 is 0 Å². The van der Waals surface area contributed by atoms with E-state index in [-0.39, 0.29) is 22.9 Å². The first kappa shape index (κ1) is 22.0. The summed E-state index contributed by atoms with van der Waals surface area (Å²) in [6.07, 6.45) is 0.808. The molecule has 1 atom stereocenters. The number of imidazole rings is 1. The van der Waals surface area contributed by atoms with Gasteiger partial charge in [-0.25, -0.2) is 4.98 Å². The number of hydrogen-bond acceptors (Lipinski definition) is 5. The summed E-state index contributed by atoms with van der Waals surface area (Å²) in [4.78, 5) is 19.4. The van der Waals surface area contributed by atoms with Crippen LogP contribution in [0.25, 0.3) is 0 Å². The SMILES string of the molecule is CN1CC(C(=O)NC23CC(n4cnc(C5CC(OC(F)(F)F)C5)c4)(C2)C3)Oc2ccc(Cl)cc21. The molecule has 4 aliphatic carbocycles. The van der Waals surface area contributed by atoms with Crippen LogP contribution in [0.4, 0.5) is 18.9 Å². The smallest absolute Gasteiger partial charge is 0.477 e. The van der Waals surface area contributed by atoms with Gasteiger partial charge in [0, 0.05) is 29.7 Å². The van der Waals surface area contributed by atoms with Crippen molar-refractivity contribution in [3.8, 4) is 5.75 Å². The Morgan fingerprint density at radius 2 is 2.03 bits per heavy atom. The number of anilines is 1. The Labute approximate surface area is 199 Å². The summed E-state index contributed by atoms with van der Waals surface area (Å²) in [5, 5.41) is 3.81. The van der Waals surface area contributed by atoms with E-state index < -0.39 is 18.6 Å². The molecule has 1 aliphatic heterocycles. The molecule has 1 unspecified atom stereocenters. The first-order valence-electron chi connectivity index (χ1n) is 11.3. The van der Waals surface area contributed by atoms with Crippen molar-refractivity contribution in [2.24, 2.45) is 0 Å². The molecule has 4 saturated carbocycles. The quantitative estimate of drug-likeness (QED) is 0.678. The molecular formula is C23H24ClF3N4O3. The number of rotatable bonds is 5. The fourth-order valence-corrected chi connectivity index (χ4v) is 6.11. The fraction of sp³-hybridized carbons (Fsp3) is 0.565. The van der Waals surface area contributed by atoms with Crippen LogP contribution >= 0.6 is 11.6 Å². The van der Waals surface area contributed by atoms with Gasteiger partial charge in [-0.1, -0.05) is 11.6 Å². The molecule has 1 amide bonds. The number of carbonyl (C=O) groups is 1. The van der Waals surface area contributed by atoms with Crippen LogP contribution in [-0.4, -0.2) is 53.2 Å². The summed E-state index contributed by atoms with van der Waals surface area (Å²) in [6, 6.07) is 5.34. The van der Waals surface area contributed by atoms with Gasteiger partial charge in [0.05, 0.1) is 35.9 Å². The van der Waals surface area contributed by atoms with E-state index in [2.05, 4.69) is 19.6 Å². The van der Waals surface area contributed by atoms with Crippen molar-refractivity contribution in [1.29, 1.82) is 0 Å². The third-order valence-electron chi connectivity index (χ3n) is 7.69. The van der Waals surface area contributed by atoms with Gasteiger partial charge >= 0.3 is 6.36 Å². The Morgan fingerprint density at radius 1 is 1.29 bits per heavy atom. The van der Waals surface area contributed by atoms with Crippen LogP contribution in [0.3, 0.4) is 0 Å². The number of fused-ring (bicyclic) bond motifs is 1. The minimum atomic E-state index is -4.59. The molecule has 2 heterocycles. The van der Waals surface area contributed by atoms with Gasteiger partial charge < -0.3 is 19.5 Å². The number of carbonyl (C=O) groups excluding carboxylic acids is 1. The van der Waals surface area contributed by atoms with E-state index in [0.717, 1.165) is 30.6 Å². The molecule has 34 heavy (non-hydrogen) atoms. The number of halogens is 4. The highest BCUT2D eigenvalue weighted by molar-refractivity contribution is 6.31. The third-order valence-corrected chi connectivity index (χ3v) is 7.92. The van der Waals surface area contributed by atoms with Gasteiger partial charge in [0.25, 0.3) is 5.91 Å². The van der Waals surface area contributed by atoms with Gasteiger partial charge in [-0.15, -0.1) is 13.2 Å². The number of alkyl halides is 3.